The number of hydrogen-bond acceptors (Lipinski definition) is 6. The molecule has 1 heterocycles. The van der Waals surface area contributed by atoms with Gasteiger partial charge in [-0.1, -0.05) is 0 Å². The van der Waals surface area contributed by atoms with E-state index in [1.807, 2.05) is 24.3 Å². The Morgan fingerprint density at radius 3 is 2.65 bits per heavy atom. The molecule has 5 nitrogen and oxygen atoms in total. The van der Waals surface area contributed by atoms with Gasteiger partial charge in [-0.2, -0.15) is 12.6 Å². The van der Waals surface area contributed by atoms with Crippen molar-refractivity contribution in [3.63, 3.8) is 0 Å². The van der Waals surface area contributed by atoms with Crippen LogP contribution < -0.4 is 4.74 Å². The molecule has 0 aliphatic rings. The molecule has 2 aromatic rings. The van der Waals surface area contributed by atoms with Crippen LogP contribution in [0.15, 0.2) is 28.7 Å². The molecule has 1 aromatic carbocycles. The number of aliphatic hydroxyl groups excluding tert-OH is 1. The zero-order valence-corrected chi connectivity index (χ0v) is 10.1. The second-order valence-electron chi connectivity index (χ2n) is 3.37. The van der Waals surface area contributed by atoms with Crippen LogP contribution in [0.4, 0.5) is 0 Å². The maximum absolute atomic E-state index is 8.92. The molecule has 0 spiro atoms. The highest BCUT2D eigenvalue weighted by molar-refractivity contribution is 7.80. The Hall–Kier alpha value is -1.53. The molecule has 0 amide bonds. The zero-order chi connectivity index (χ0) is 12.3. The fraction of sp³-hybridized carbons (Fsp3) is 0.273. The Balaban J connectivity index is 2.24. The van der Waals surface area contributed by atoms with Crippen molar-refractivity contribution in [2.24, 2.45) is 0 Å². The summed E-state index contributed by atoms with van der Waals surface area (Å²) >= 11 is 4.11. The summed E-state index contributed by atoms with van der Waals surface area (Å²) in [5.74, 6) is 1.47. The first-order valence-electron chi connectivity index (χ1n) is 5.01. The topological polar surface area (TPSA) is 68.4 Å². The van der Waals surface area contributed by atoms with E-state index in [2.05, 4.69) is 22.8 Å². The number of rotatable bonds is 4. The molecule has 6 heteroatoms. The molecule has 90 valence electrons. The average Bonchev–Trinajstić information content (AvgIpc) is 2.87. The molecule has 0 aliphatic carbocycles. The number of methoxy groups -OCH3 is 1. The fourth-order valence-corrected chi connectivity index (χ4v) is 1.40. The lowest BCUT2D eigenvalue weighted by molar-refractivity contribution is 0.282. The van der Waals surface area contributed by atoms with Crippen LogP contribution in [0, 0.1) is 0 Å². The first-order chi connectivity index (χ1) is 8.24. The number of hydrogen-bond donors (Lipinski definition) is 2. The monoisotopic (exact) mass is 252 g/mol. The molecule has 0 radical (unpaired) electrons. The lowest BCUT2D eigenvalue weighted by atomic mass is 10.2. The number of aromatic nitrogens is 2. The van der Waals surface area contributed by atoms with Crippen LogP contribution in [0.25, 0.3) is 11.5 Å². The summed E-state index contributed by atoms with van der Waals surface area (Å²) in [6, 6.07) is 7.26. The zero-order valence-electron chi connectivity index (χ0n) is 9.20. The molecule has 17 heavy (non-hydrogen) atoms. The SMILES string of the molecule is COc1ccc(-c2nnc(C(S)CO)o2)cc1. The van der Waals surface area contributed by atoms with Crippen molar-refractivity contribution in [3.05, 3.63) is 30.2 Å². The van der Waals surface area contributed by atoms with Crippen molar-refractivity contribution < 1.29 is 14.3 Å². The van der Waals surface area contributed by atoms with E-state index in [9.17, 15) is 0 Å². The van der Waals surface area contributed by atoms with Crippen LogP contribution in [0.1, 0.15) is 11.1 Å². The Morgan fingerprint density at radius 2 is 2.06 bits per heavy atom. The van der Waals surface area contributed by atoms with Crippen LogP contribution in [-0.4, -0.2) is 29.0 Å². The maximum Gasteiger partial charge on any atom is 0.247 e. The van der Waals surface area contributed by atoms with Gasteiger partial charge in [0.1, 0.15) is 11.0 Å². The highest BCUT2D eigenvalue weighted by Crippen LogP contribution is 2.24. The van der Waals surface area contributed by atoms with Gasteiger partial charge in [0.05, 0.1) is 13.7 Å². The van der Waals surface area contributed by atoms with Crippen molar-refractivity contribution in [1.29, 1.82) is 0 Å². The molecule has 1 atom stereocenters. The molecule has 0 aliphatic heterocycles. The van der Waals surface area contributed by atoms with Gasteiger partial charge in [0, 0.05) is 5.56 Å². The molecule has 0 bridgehead atoms. The van der Waals surface area contributed by atoms with Crippen molar-refractivity contribution in [2.75, 3.05) is 13.7 Å². The smallest absolute Gasteiger partial charge is 0.247 e. The maximum atomic E-state index is 8.92. The second kappa shape index (κ2) is 5.20. The van der Waals surface area contributed by atoms with Crippen molar-refractivity contribution >= 4 is 12.6 Å². The Kier molecular flexibility index (Phi) is 3.65. The minimum atomic E-state index is -0.450. The van der Waals surface area contributed by atoms with Gasteiger partial charge in [-0.05, 0) is 24.3 Å². The molecular formula is C11H12N2O3S. The van der Waals surface area contributed by atoms with Crippen molar-refractivity contribution in [2.45, 2.75) is 5.25 Å². The van der Waals surface area contributed by atoms with Gasteiger partial charge >= 0.3 is 0 Å². The lowest BCUT2D eigenvalue weighted by Crippen LogP contribution is -1.95. The largest absolute Gasteiger partial charge is 0.497 e. The molecule has 2 rings (SSSR count). The summed E-state index contributed by atoms with van der Waals surface area (Å²) < 4.78 is 10.5. The number of thiol groups is 1. The van der Waals surface area contributed by atoms with Crippen LogP contribution in [0.3, 0.4) is 0 Å². The third kappa shape index (κ3) is 2.59. The molecule has 1 N–H and O–H groups in total. The first-order valence-corrected chi connectivity index (χ1v) is 5.53. The van der Waals surface area contributed by atoms with Crippen LogP contribution in [0.5, 0.6) is 5.75 Å². The van der Waals surface area contributed by atoms with E-state index in [1.54, 1.807) is 7.11 Å². The third-order valence-electron chi connectivity index (χ3n) is 2.24. The minimum Gasteiger partial charge on any atom is -0.497 e. The van der Waals surface area contributed by atoms with Gasteiger partial charge in [0.25, 0.3) is 0 Å². The summed E-state index contributed by atoms with van der Waals surface area (Å²) in [7, 11) is 1.60. The third-order valence-corrected chi connectivity index (χ3v) is 2.62. The normalized spacial score (nSPS) is 12.4. The molecular weight excluding hydrogens is 240 g/mol. The second-order valence-corrected chi connectivity index (χ2v) is 4.00. The molecule has 1 aromatic heterocycles. The van der Waals surface area contributed by atoms with E-state index in [0.717, 1.165) is 11.3 Å². The van der Waals surface area contributed by atoms with E-state index in [-0.39, 0.29) is 6.61 Å². The number of benzene rings is 1. The number of ether oxygens (including phenoxy) is 1. The Morgan fingerprint density at radius 1 is 1.35 bits per heavy atom. The fourth-order valence-electron chi connectivity index (χ4n) is 1.30. The highest BCUT2D eigenvalue weighted by atomic mass is 32.1. The van der Waals surface area contributed by atoms with Gasteiger partial charge in [-0.3, -0.25) is 0 Å². The van der Waals surface area contributed by atoms with Crippen LogP contribution in [0.2, 0.25) is 0 Å². The predicted octanol–water partition coefficient (Wildman–Crippen LogP) is 1.71. The van der Waals surface area contributed by atoms with Gasteiger partial charge in [-0.25, -0.2) is 0 Å². The Bertz CT molecular complexity index is 484. The molecule has 1 unspecified atom stereocenters. The van der Waals surface area contributed by atoms with Crippen molar-refractivity contribution in [1.82, 2.24) is 10.2 Å². The molecule has 0 saturated carbocycles. The predicted molar refractivity (Wildman–Crippen MR) is 65.1 cm³/mol. The van der Waals surface area contributed by atoms with E-state index in [4.69, 9.17) is 14.3 Å². The van der Waals surface area contributed by atoms with E-state index < -0.39 is 5.25 Å². The Labute approximate surface area is 104 Å². The van der Waals surface area contributed by atoms with Gasteiger partial charge < -0.3 is 14.3 Å². The van der Waals surface area contributed by atoms with E-state index >= 15 is 0 Å². The quantitative estimate of drug-likeness (QED) is 0.811. The summed E-state index contributed by atoms with van der Waals surface area (Å²) in [5, 5.41) is 16.2. The van der Waals surface area contributed by atoms with Gasteiger partial charge in [0.2, 0.25) is 11.8 Å². The minimum absolute atomic E-state index is 0.145. The van der Waals surface area contributed by atoms with E-state index in [0.29, 0.717) is 11.8 Å². The standard InChI is InChI=1S/C11H12N2O3S/c1-15-8-4-2-7(3-5-8)10-12-13-11(16-10)9(17)6-14/h2-5,9,14,17H,6H2,1H3. The first kappa shape index (κ1) is 11.9. The average molecular weight is 252 g/mol. The summed E-state index contributed by atoms with van der Waals surface area (Å²) in [4.78, 5) is 0. The van der Waals surface area contributed by atoms with Gasteiger partial charge in [0.15, 0.2) is 0 Å². The van der Waals surface area contributed by atoms with Crippen LogP contribution >= 0.6 is 12.6 Å². The number of nitrogens with zero attached hydrogens (tertiary/aromatic N) is 2. The summed E-state index contributed by atoms with van der Waals surface area (Å²) in [6.07, 6.45) is 0. The highest BCUT2D eigenvalue weighted by Gasteiger charge is 2.14. The van der Waals surface area contributed by atoms with Gasteiger partial charge in [-0.15, -0.1) is 10.2 Å². The van der Waals surface area contributed by atoms with Crippen molar-refractivity contribution in [3.8, 4) is 17.2 Å². The summed E-state index contributed by atoms with van der Waals surface area (Å²) in [5.41, 5.74) is 0.794. The summed E-state index contributed by atoms with van der Waals surface area (Å²) in [6.45, 7) is -0.145. The molecule has 0 fully saturated rings. The van der Waals surface area contributed by atoms with E-state index in [1.165, 1.54) is 0 Å². The molecule has 0 saturated heterocycles. The van der Waals surface area contributed by atoms with Crippen LogP contribution in [-0.2, 0) is 0 Å². The number of aliphatic hydroxyl groups is 1. The lowest BCUT2D eigenvalue weighted by Gasteiger charge is -2.00.